The summed E-state index contributed by atoms with van der Waals surface area (Å²) in [6, 6.07) is 7.21. The standard InChI is InChI=1S/C41H47F4N5O5/c1-23(2)14-32(48-37(53)29-8-9-33(41(43,44)45)50(39(29)55)13-12-49-21-40(22-49)10-6-7-11-40)38(54)47-31(19-34(51)52)30-18-28(17-26(5)36(30)42)35-24(3)15-27(20-46)16-25(35)4/h8-9,15-18,23,31-32H,6-7,10-14,19,21-22H2,1-5H3,(H,47,54)(H,48,53)(H,51,52)/t31-,32-/m0/s1. The predicted molar refractivity (Wildman–Crippen MR) is 198 cm³/mol. The number of likely N-dealkylation sites (tertiary alicyclic amines) is 1. The Kier molecular flexibility index (Phi) is 12.2. The van der Waals surface area contributed by atoms with E-state index in [0.29, 0.717) is 27.3 Å². The zero-order chi connectivity index (χ0) is 40.4. The maximum atomic E-state index is 15.8. The number of nitriles is 1. The van der Waals surface area contributed by atoms with Gasteiger partial charge in [-0.2, -0.15) is 18.4 Å². The van der Waals surface area contributed by atoms with Crippen LogP contribution in [0.5, 0.6) is 0 Å². The van der Waals surface area contributed by atoms with Crippen molar-refractivity contribution in [3.8, 4) is 17.2 Å². The number of hydrogen-bond acceptors (Lipinski definition) is 6. The van der Waals surface area contributed by atoms with Gasteiger partial charge in [0.15, 0.2) is 0 Å². The fraction of sp³-hybridized carbons (Fsp3) is 0.488. The molecule has 1 aliphatic carbocycles. The zero-order valence-corrected chi connectivity index (χ0v) is 31.7. The number of nitrogens with one attached hydrogen (secondary N) is 2. The number of amides is 2. The summed E-state index contributed by atoms with van der Waals surface area (Å²) in [4.78, 5) is 55.2. The van der Waals surface area contributed by atoms with E-state index in [2.05, 4.69) is 16.7 Å². The van der Waals surface area contributed by atoms with E-state index in [1.165, 1.54) is 13.0 Å². The third kappa shape index (κ3) is 9.27. The summed E-state index contributed by atoms with van der Waals surface area (Å²) in [5.41, 5.74) is 0.469. The topological polar surface area (TPSA) is 145 Å². The Balaban J connectivity index is 1.41. The van der Waals surface area contributed by atoms with Gasteiger partial charge in [-0.1, -0.05) is 26.7 Å². The van der Waals surface area contributed by atoms with Gasteiger partial charge >= 0.3 is 12.1 Å². The maximum Gasteiger partial charge on any atom is 0.431 e. The number of pyridine rings is 1. The lowest BCUT2D eigenvalue weighted by molar-refractivity contribution is -0.144. The minimum atomic E-state index is -4.86. The largest absolute Gasteiger partial charge is 0.481 e. The van der Waals surface area contributed by atoms with E-state index < -0.39 is 65.1 Å². The molecule has 1 aromatic heterocycles. The highest BCUT2D eigenvalue weighted by Crippen LogP contribution is 2.45. The molecule has 0 bridgehead atoms. The number of carboxylic acid groups (broad SMARTS) is 1. The molecule has 0 radical (unpaired) electrons. The molecule has 2 fully saturated rings. The Hall–Kier alpha value is -5.03. The number of nitrogens with zero attached hydrogens (tertiary/aromatic N) is 3. The van der Waals surface area contributed by atoms with Crippen LogP contribution in [0.1, 0.15) is 102 Å². The van der Waals surface area contributed by atoms with Gasteiger partial charge in [-0.3, -0.25) is 19.2 Å². The summed E-state index contributed by atoms with van der Waals surface area (Å²) in [6.45, 7) is 10.0. The predicted octanol–water partition coefficient (Wildman–Crippen LogP) is 6.82. The zero-order valence-electron chi connectivity index (χ0n) is 31.7. The number of rotatable bonds is 13. The molecule has 1 aliphatic heterocycles. The number of aryl methyl sites for hydroxylation is 3. The Labute approximate surface area is 317 Å². The first kappa shape index (κ1) is 41.1. The molecule has 2 aliphatic rings. The van der Waals surface area contributed by atoms with E-state index in [1.807, 2.05) is 4.90 Å². The highest BCUT2D eigenvalue weighted by atomic mass is 19.4. The van der Waals surface area contributed by atoms with E-state index in [-0.39, 0.29) is 42.0 Å². The molecule has 2 atom stereocenters. The van der Waals surface area contributed by atoms with E-state index in [9.17, 15) is 42.7 Å². The number of carboxylic acids is 1. The van der Waals surface area contributed by atoms with Crippen molar-refractivity contribution in [2.75, 3.05) is 19.6 Å². The van der Waals surface area contributed by atoms with Crippen LogP contribution in [0.15, 0.2) is 41.2 Å². The van der Waals surface area contributed by atoms with Crippen molar-refractivity contribution in [1.29, 1.82) is 5.26 Å². The lowest BCUT2D eigenvalue weighted by Crippen LogP contribution is -2.55. The summed E-state index contributed by atoms with van der Waals surface area (Å²) < 4.78 is 58.6. The number of halogens is 4. The Morgan fingerprint density at radius 2 is 1.60 bits per heavy atom. The number of hydrogen-bond donors (Lipinski definition) is 3. The van der Waals surface area contributed by atoms with Crippen LogP contribution in [-0.2, 0) is 22.3 Å². The van der Waals surface area contributed by atoms with Gasteiger partial charge in [-0.05, 0) is 116 Å². The van der Waals surface area contributed by atoms with Gasteiger partial charge in [-0.15, -0.1) is 0 Å². The summed E-state index contributed by atoms with van der Waals surface area (Å²) in [5, 5.41) is 24.3. The normalized spacial score (nSPS) is 16.4. The van der Waals surface area contributed by atoms with Crippen LogP contribution in [0.25, 0.3) is 11.1 Å². The smallest absolute Gasteiger partial charge is 0.431 e. The van der Waals surface area contributed by atoms with Crippen LogP contribution >= 0.6 is 0 Å². The fourth-order valence-corrected chi connectivity index (χ4v) is 8.27. The average Bonchev–Trinajstić information content (AvgIpc) is 3.57. The average molecular weight is 766 g/mol. The second-order valence-electron chi connectivity index (χ2n) is 15.6. The van der Waals surface area contributed by atoms with Crippen LogP contribution in [0, 0.1) is 49.3 Å². The third-order valence-electron chi connectivity index (χ3n) is 10.8. The Bertz CT molecular complexity index is 2050. The van der Waals surface area contributed by atoms with Crippen molar-refractivity contribution >= 4 is 17.8 Å². The van der Waals surface area contributed by atoms with Crippen LogP contribution < -0.4 is 16.2 Å². The van der Waals surface area contributed by atoms with Gasteiger partial charge in [0.2, 0.25) is 5.91 Å². The van der Waals surface area contributed by atoms with Crippen LogP contribution in [0.4, 0.5) is 17.6 Å². The first-order chi connectivity index (χ1) is 25.8. The van der Waals surface area contributed by atoms with Crippen molar-refractivity contribution in [2.45, 2.75) is 97.9 Å². The second-order valence-corrected chi connectivity index (χ2v) is 15.6. The maximum absolute atomic E-state index is 15.8. The molecule has 55 heavy (non-hydrogen) atoms. The van der Waals surface area contributed by atoms with Crippen molar-refractivity contribution in [2.24, 2.45) is 11.3 Å². The summed E-state index contributed by atoms with van der Waals surface area (Å²) in [6.07, 6.45) is -1.17. The molecular weight excluding hydrogens is 718 g/mol. The first-order valence-electron chi connectivity index (χ1n) is 18.5. The van der Waals surface area contributed by atoms with Gasteiger partial charge in [-0.25, -0.2) is 4.39 Å². The molecule has 1 saturated carbocycles. The number of carbonyl (C=O) groups excluding carboxylic acids is 2. The lowest BCUT2D eigenvalue weighted by Gasteiger charge is -2.48. The minimum absolute atomic E-state index is 0.00802. The van der Waals surface area contributed by atoms with Crippen molar-refractivity contribution in [3.63, 3.8) is 0 Å². The number of aromatic nitrogens is 1. The molecule has 3 N–H and O–H groups in total. The number of carbonyl (C=O) groups is 3. The monoisotopic (exact) mass is 765 g/mol. The second kappa shape index (κ2) is 16.4. The fourth-order valence-electron chi connectivity index (χ4n) is 8.27. The van der Waals surface area contributed by atoms with Gasteiger partial charge in [0.25, 0.3) is 11.5 Å². The first-order valence-corrected chi connectivity index (χ1v) is 18.5. The van der Waals surface area contributed by atoms with Gasteiger partial charge in [0, 0.05) is 31.7 Å². The molecule has 10 nitrogen and oxygen atoms in total. The molecule has 3 aromatic rings. The van der Waals surface area contributed by atoms with Crippen LogP contribution in [0.3, 0.4) is 0 Å². The van der Waals surface area contributed by atoms with Crippen molar-refractivity contribution in [1.82, 2.24) is 20.1 Å². The van der Waals surface area contributed by atoms with E-state index in [4.69, 9.17) is 0 Å². The van der Waals surface area contributed by atoms with Crippen LogP contribution in [0.2, 0.25) is 0 Å². The van der Waals surface area contributed by atoms with E-state index in [1.54, 1.807) is 45.9 Å². The number of aliphatic carboxylic acids is 1. The quantitative estimate of drug-likeness (QED) is 0.162. The van der Waals surface area contributed by atoms with Crippen molar-refractivity contribution in [3.05, 3.63) is 91.6 Å². The lowest BCUT2D eigenvalue weighted by atomic mass is 9.78. The third-order valence-corrected chi connectivity index (χ3v) is 10.8. The molecule has 2 amide bonds. The van der Waals surface area contributed by atoms with Crippen molar-refractivity contribution < 1.29 is 37.1 Å². The number of alkyl halides is 3. The molecule has 2 heterocycles. The highest BCUT2D eigenvalue weighted by molar-refractivity contribution is 5.97. The molecule has 294 valence electrons. The molecule has 2 aromatic carbocycles. The Morgan fingerprint density at radius 3 is 2.16 bits per heavy atom. The summed E-state index contributed by atoms with van der Waals surface area (Å²) >= 11 is 0. The van der Waals surface area contributed by atoms with Gasteiger partial charge in [0.1, 0.15) is 23.1 Å². The molecule has 0 unspecified atom stereocenters. The van der Waals surface area contributed by atoms with Crippen LogP contribution in [-0.4, -0.2) is 58.0 Å². The molecular formula is C41H47F4N5O5. The summed E-state index contributed by atoms with van der Waals surface area (Å²) in [7, 11) is 0. The molecule has 5 rings (SSSR count). The number of benzene rings is 2. The minimum Gasteiger partial charge on any atom is -0.481 e. The van der Waals surface area contributed by atoms with E-state index >= 15 is 4.39 Å². The van der Waals surface area contributed by atoms with Gasteiger partial charge in [0.05, 0.1) is 24.1 Å². The Morgan fingerprint density at radius 1 is 0.964 bits per heavy atom. The summed E-state index contributed by atoms with van der Waals surface area (Å²) in [5.74, 6) is -4.25. The van der Waals surface area contributed by atoms with Gasteiger partial charge < -0.3 is 25.2 Å². The molecule has 1 spiro atoms. The molecule has 1 saturated heterocycles. The van der Waals surface area contributed by atoms with E-state index in [0.717, 1.165) is 56.0 Å². The highest BCUT2D eigenvalue weighted by Gasteiger charge is 2.44. The molecule has 14 heteroatoms. The SMILES string of the molecule is Cc1cc(-c2c(C)cc(C#N)cc2C)cc([C@H](CC(=O)O)NC(=O)[C@H](CC(C)C)NC(=O)c2ccc(C(F)(F)F)n(CCN3CC4(CCCC4)C3)c2=O)c1F.